The van der Waals surface area contributed by atoms with Crippen LogP contribution in [0.3, 0.4) is 0 Å². The maximum absolute atomic E-state index is 14.9. The number of nitrogens with two attached hydrogens (primary N) is 1. The quantitative estimate of drug-likeness (QED) is 0.822. The average molecular weight is 392 g/mol. The SMILES string of the molecule is CC12CCC(CN(c3nc4c(cc3F)c(=O)c(C(=O)O)cn4CCF)C1)C2N. The molecule has 9 heteroatoms. The van der Waals surface area contributed by atoms with E-state index < -0.39 is 29.5 Å². The molecule has 1 aliphatic carbocycles. The molecule has 2 fully saturated rings. The summed E-state index contributed by atoms with van der Waals surface area (Å²) in [5.74, 6) is -1.82. The van der Waals surface area contributed by atoms with Crippen molar-refractivity contribution in [2.24, 2.45) is 17.1 Å². The Morgan fingerprint density at radius 1 is 1.50 bits per heavy atom. The van der Waals surface area contributed by atoms with E-state index in [0.29, 0.717) is 13.1 Å². The molecule has 28 heavy (non-hydrogen) atoms. The Morgan fingerprint density at radius 3 is 2.89 bits per heavy atom. The van der Waals surface area contributed by atoms with Crippen LogP contribution in [-0.2, 0) is 6.54 Å². The molecule has 0 spiro atoms. The van der Waals surface area contributed by atoms with Crippen LogP contribution in [0.5, 0.6) is 0 Å². The van der Waals surface area contributed by atoms with Gasteiger partial charge in [-0.1, -0.05) is 6.92 Å². The largest absolute Gasteiger partial charge is 0.477 e. The second-order valence-corrected chi connectivity index (χ2v) is 8.08. The highest BCUT2D eigenvalue weighted by Crippen LogP contribution is 2.46. The number of carboxylic acids is 1. The number of aromatic nitrogens is 2. The smallest absolute Gasteiger partial charge is 0.341 e. The van der Waals surface area contributed by atoms with Crippen LogP contribution >= 0.6 is 0 Å². The maximum Gasteiger partial charge on any atom is 0.341 e. The lowest BCUT2D eigenvalue weighted by molar-refractivity contribution is 0.0694. The second kappa shape index (κ2) is 6.51. The summed E-state index contributed by atoms with van der Waals surface area (Å²) in [4.78, 5) is 30.0. The van der Waals surface area contributed by atoms with E-state index in [9.17, 15) is 23.5 Å². The fourth-order valence-corrected chi connectivity index (χ4v) is 4.68. The Kier molecular flexibility index (Phi) is 4.37. The van der Waals surface area contributed by atoms with Crippen LogP contribution in [0.25, 0.3) is 11.0 Å². The van der Waals surface area contributed by atoms with Crippen molar-refractivity contribution in [3.05, 3.63) is 33.9 Å². The zero-order valence-electron chi connectivity index (χ0n) is 15.5. The summed E-state index contributed by atoms with van der Waals surface area (Å²) in [5.41, 5.74) is 4.90. The van der Waals surface area contributed by atoms with Crippen molar-refractivity contribution < 1.29 is 18.7 Å². The van der Waals surface area contributed by atoms with Gasteiger partial charge in [0.05, 0.1) is 11.9 Å². The van der Waals surface area contributed by atoms with Gasteiger partial charge in [-0.25, -0.2) is 18.6 Å². The van der Waals surface area contributed by atoms with Gasteiger partial charge in [-0.15, -0.1) is 0 Å². The lowest BCUT2D eigenvalue weighted by atomic mass is 9.79. The predicted octanol–water partition coefficient (Wildman–Crippen LogP) is 1.77. The second-order valence-electron chi connectivity index (χ2n) is 8.08. The summed E-state index contributed by atoms with van der Waals surface area (Å²) in [5, 5.41) is 9.05. The molecular formula is C19H22F2N4O3. The Balaban J connectivity index is 1.86. The molecule has 2 bridgehead atoms. The third-order valence-corrected chi connectivity index (χ3v) is 6.24. The number of alkyl halides is 1. The van der Waals surface area contributed by atoms with Gasteiger partial charge in [0.2, 0.25) is 5.43 Å². The summed E-state index contributed by atoms with van der Waals surface area (Å²) in [6.07, 6.45) is 3.00. The number of carbonyl (C=O) groups is 1. The highest BCUT2D eigenvalue weighted by molar-refractivity contribution is 5.92. The number of anilines is 1. The molecule has 3 atom stereocenters. The zero-order valence-corrected chi connectivity index (χ0v) is 15.5. The van der Waals surface area contributed by atoms with Gasteiger partial charge in [0, 0.05) is 30.7 Å². The highest BCUT2D eigenvalue weighted by atomic mass is 19.1. The van der Waals surface area contributed by atoms with Crippen LogP contribution in [-0.4, -0.2) is 46.4 Å². The van der Waals surface area contributed by atoms with E-state index in [-0.39, 0.29) is 40.8 Å². The lowest BCUT2D eigenvalue weighted by Crippen LogP contribution is -2.54. The Labute approximate surface area is 159 Å². The highest BCUT2D eigenvalue weighted by Gasteiger charge is 2.49. The molecule has 2 aromatic rings. The van der Waals surface area contributed by atoms with Gasteiger partial charge in [-0.3, -0.25) is 4.79 Å². The normalized spacial score (nSPS) is 26.8. The molecule has 1 aliphatic heterocycles. The number of halogens is 2. The van der Waals surface area contributed by atoms with Crippen LogP contribution in [0.15, 0.2) is 17.1 Å². The molecule has 3 unspecified atom stereocenters. The monoisotopic (exact) mass is 392 g/mol. The van der Waals surface area contributed by atoms with E-state index in [4.69, 9.17) is 5.73 Å². The van der Waals surface area contributed by atoms with Gasteiger partial charge in [0.1, 0.15) is 17.9 Å². The molecule has 150 valence electrons. The van der Waals surface area contributed by atoms with Crippen molar-refractivity contribution in [2.45, 2.75) is 32.4 Å². The van der Waals surface area contributed by atoms with Crippen molar-refractivity contribution in [1.82, 2.24) is 9.55 Å². The Bertz CT molecular complexity index is 1020. The molecule has 2 aromatic heterocycles. The number of piperidine rings is 1. The molecule has 0 amide bonds. The van der Waals surface area contributed by atoms with Crippen molar-refractivity contribution in [3.63, 3.8) is 0 Å². The summed E-state index contributed by atoms with van der Waals surface area (Å²) in [7, 11) is 0. The number of hydrogen-bond acceptors (Lipinski definition) is 5. The summed E-state index contributed by atoms with van der Waals surface area (Å²) >= 11 is 0. The number of hydrogen-bond donors (Lipinski definition) is 2. The van der Waals surface area contributed by atoms with Crippen molar-refractivity contribution in [1.29, 1.82) is 0 Å². The third-order valence-electron chi connectivity index (χ3n) is 6.24. The van der Waals surface area contributed by atoms with E-state index >= 15 is 0 Å². The van der Waals surface area contributed by atoms with Crippen LogP contribution < -0.4 is 16.1 Å². The molecule has 3 N–H and O–H groups in total. The number of carboxylic acid groups (broad SMARTS) is 1. The van der Waals surface area contributed by atoms with E-state index in [0.717, 1.165) is 25.1 Å². The van der Waals surface area contributed by atoms with Gasteiger partial charge in [-0.2, -0.15) is 0 Å². The van der Waals surface area contributed by atoms with Gasteiger partial charge < -0.3 is 20.3 Å². The van der Waals surface area contributed by atoms with Crippen molar-refractivity contribution >= 4 is 22.8 Å². The fraction of sp³-hybridized carbons (Fsp3) is 0.526. The summed E-state index contributed by atoms with van der Waals surface area (Å²) in [6, 6.07) is 1.06. The summed E-state index contributed by atoms with van der Waals surface area (Å²) in [6.45, 7) is 2.23. The van der Waals surface area contributed by atoms with Gasteiger partial charge in [0.25, 0.3) is 0 Å². The first-order valence-electron chi connectivity index (χ1n) is 9.28. The molecule has 4 rings (SSSR count). The number of nitrogens with zero attached hydrogens (tertiary/aromatic N) is 3. The van der Waals surface area contributed by atoms with Crippen LogP contribution in [0.2, 0.25) is 0 Å². The number of aromatic carboxylic acids is 1. The van der Waals surface area contributed by atoms with Crippen LogP contribution in [0.4, 0.5) is 14.6 Å². The molecular weight excluding hydrogens is 370 g/mol. The molecule has 1 saturated carbocycles. The first-order valence-corrected chi connectivity index (χ1v) is 9.28. The van der Waals surface area contributed by atoms with E-state index in [1.54, 1.807) is 0 Å². The molecule has 7 nitrogen and oxygen atoms in total. The minimum atomic E-state index is -1.45. The third kappa shape index (κ3) is 2.76. The predicted molar refractivity (Wildman–Crippen MR) is 99.9 cm³/mol. The maximum atomic E-state index is 14.9. The Hall–Kier alpha value is -2.55. The van der Waals surface area contributed by atoms with Gasteiger partial charge >= 0.3 is 5.97 Å². The summed E-state index contributed by atoms with van der Waals surface area (Å²) < 4.78 is 29.2. The van der Waals surface area contributed by atoms with Crippen LogP contribution in [0.1, 0.15) is 30.1 Å². The first kappa shape index (κ1) is 18.8. The van der Waals surface area contributed by atoms with Crippen molar-refractivity contribution in [3.8, 4) is 0 Å². The molecule has 1 saturated heterocycles. The topological polar surface area (TPSA) is 101 Å². The standard InChI is InChI=1S/C19H22F2N4O3/c1-19-3-2-10(15(19)22)7-25(9-19)17-13(21)6-11-14(26)12(18(27)28)8-24(5-4-20)16(11)23-17/h6,8,10,15H,2-5,7,9,22H2,1H3,(H,27,28). The van der Waals surface area contributed by atoms with Crippen molar-refractivity contribution in [2.75, 3.05) is 24.7 Å². The molecule has 0 aromatic carbocycles. The number of rotatable bonds is 4. The van der Waals surface area contributed by atoms with E-state index in [1.807, 2.05) is 4.90 Å². The number of pyridine rings is 2. The van der Waals surface area contributed by atoms with Gasteiger partial charge in [-0.05, 0) is 24.8 Å². The molecule has 0 radical (unpaired) electrons. The van der Waals surface area contributed by atoms with E-state index in [2.05, 4.69) is 11.9 Å². The molecule has 3 heterocycles. The number of aryl methyl sites for hydroxylation is 1. The fourth-order valence-electron chi connectivity index (χ4n) is 4.68. The van der Waals surface area contributed by atoms with E-state index in [1.165, 1.54) is 4.57 Å². The van der Waals surface area contributed by atoms with Gasteiger partial charge in [0.15, 0.2) is 11.6 Å². The first-order chi connectivity index (χ1) is 13.2. The van der Waals surface area contributed by atoms with Crippen LogP contribution in [0, 0.1) is 17.2 Å². The lowest BCUT2D eigenvalue weighted by Gasteiger charge is -2.43. The minimum Gasteiger partial charge on any atom is -0.477 e. The average Bonchev–Trinajstić information content (AvgIpc) is 2.80. The zero-order chi connectivity index (χ0) is 20.2. The molecule has 2 aliphatic rings. The Morgan fingerprint density at radius 2 is 2.25 bits per heavy atom. The minimum absolute atomic E-state index is 0.0510. The number of fused-ring (bicyclic) bond motifs is 3.